The number of hydrogen-bond donors (Lipinski definition) is 1. The van der Waals surface area contributed by atoms with Crippen molar-refractivity contribution in [2.24, 2.45) is 11.8 Å². The molecule has 3 rings (SSSR count). The highest BCUT2D eigenvalue weighted by atomic mass is 28.4. The summed E-state index contributed by atoms with van der Waals surface area (Å²) in [7, 11) is -1.32. The van der Waals surface area contributed by atoms with Crippen molar-refractivity contribution >= 4 is 24.7 Å². The lowest BCUT2D eigenvalue weighted by atomic mass is 9.79. The summed E-state index contributed by atoms with van der Waals surface area (Å²) in [6.45, 7) is 7.26. The normalized spacial score (nSPS) is 19.6. The van der Waals surface area contributed by atoms with E-state index >= 15 is 0 Å². The van der Waals surface area contributed by atoms with Crippen molar-refractivity contribution in [3.8, 4) is 0 Å². The second-order valence-electron chi connectivity index (χ2n) is 9.36. The van der Waals surface area contributed by atoms with Gasteiger partial charge in [0.1, 0.15) is 0 Å². The molecule has 0 fully saturated rings. The van der Waals surface area contributed by atoms with Gasteiger partial charge in [-0.2, -0.15) is 0 Å². The molecule has 1 aliphatic rings. The molecule has 170 valence electrons. The van der Waals surface area contributed by atoms with Gasteiger partial charge < -0.3 is 14.3 Å². The number of aliphatic hydroxyl groups is 1. The van der Waals surface area contributed by atoms with Gasteiger partial charge in [-0.3, -0.25) is 0 Å². The first-order valence-corrected chi connectivity index (χ1v) is 13.1. The van der Waals surface area contributed by atoms with Crippen LogP contribution in [0.2, 0.25) is 5.04 Å². The van der Waals surface area contributed by atoms with Gasteiger partial charge in [-0.25, -0.2) is 4.79 Å². The first-order valence-electron chi connectivity index (χ1n) is 11.2. The number of rotatable bonds is 7. The summed E-state index contributed by atoms with van der Waals surface area (Å²) in [5, 5.41) is 12.1. The van der Waals surface area contributed by atoms with E-state index in [-0.39, 0.29) is 16.9 Å². The molecule has 0 radical (unpaired) electrons. The Hall–Kier alpha value is -2.63. The number of hydrogen-bond acceptors (Lipinski definition) is 4. The summed E-state index contributed by atoms with van der Waals surface area (Å²) < 4.78 is 12.0. The Morgan fingerprint density at radius 2 is 1.53 bits per heavy atom. The third kappa shape index (κ3) is 4.74. The fraction of sp³-hybridized carbons (Fsp3) is 0.370. The lowest BCUT2D eigenvalue weighted by Gasteiger charge is -2.44. The molecular formula is C27H34O4Si. The summed E-state index contributed by atoms with van der Waals surface area (Å²) in [6, 6.07) is 21.1. The minimum Gasteiger partial charge on any atom is -0.515 e. The van der Waals surface area contributed by atoms with Crippen molar-refractivity contribution in [1.82, 2.24) is 0 Å². The Bertz CT molecular complexity index is 905. The summed E-state index contributed by atoms with van der Waals surface area (Å²) in [4.78, 5) is 12.3. The van der Waals surface area contributed by atoms with Crippen molar-refractivity contribution < 1.29 is 19.1 Å². The van der Waals surface area contributed by atoms with E-state index in [4.69, 9.17) is 9.16 Å². The van der Waals surface area contributed by atoms with Crippen LogP contribution in [0.5, 0.6) is 0 Å². The van der Waals surface area contributed by atoms with Crippen LogP contribution in [0.25, 0.3) is 0 Å². The number of aliphatic hydroxyl groups excluding tert-OH is 1. The molecule has 0 unspecified atom stereocenters. The van der Waals surface area contributed by atoms with E-state index in [1.807, 2.05) is 12.1 Å². The van der Waals surface area contributed by atoms with E-state index in [1.54, 1.807) is 0 Å². The minimum absolute atomic E-state index is 0.0687. The van der Waals surface area contributed by atoms with Gasteiger partial charge in [-0.05, 0) is 34.2 Å². The van der Waals surface area contributed by atoms with Gasteiger partial charge >= 0.3 is 5.97 Å². The summed E-state index contributed by atoms with van der Waals surface area (Å²) in [6.07, 6.45) is 6.58. The van der Waals surface area contributed by atoms with Crippen molar-refractivity contribution in [2.45, 2.75) is 38.7 Å². The third-order valence-corrected chi connectivity index (χ3v) is 11.5. The highest BCUT2D eigenvalue weighted by Crippen LogP contribution is 2.39. The fourth-order valence-electron chi connectivity index (χ4n) is 4.85. The molecule has 5 heteroatoms. The lowest BCUT2D eigenvalue weighted by molar-refractivity contribution is -0.137. The zero-order chi connectivity index (χ0) is 23.2. The van der Waals surface area contributed by atoms with Crippen LogP contribution < -0.4 is 10.4 Å². The third-order valence-electron chi connectivity index (χ3n) is 6.45. The molecule has 32 heavy (non-hydrogen) atoms. The first-order chi connectivity index (χ1) is 15.3. The fourth-order valence-corrected chi connectivity index (χ4v) is 9.47. The SMILES string of the molecule is COC(=O)/C(=C\O)[C@H]1CC=CC[C@H]1CO[Si](c1ccccc1)(c1ccccc1)C(C)(C)C. The van der Waals surface area contributed by atoms with Crippen LogP contribution in [0.3, 0.4) is 0 Å². The predicted octanol–water partition coefficient (Wildman–Crippen LogP) is 4.76. The van der Waals surface area contributed by atoms with E-state index in [1.165, 1.54) is 17.5 Å². The number of methoxy groups -OCH3 is 1. The Labute approximate surface area is 192 Å². The van der Waals surface area contributed by atoms with Crippen LogP contribution in [0.15, 0.2) is 84.7 Å². The van der Waals surface area contributed by atoms with Gasteiger partial charge in [-0.15, -0.1) is 0 Å². The van der Waals surface area contributed by atoms with E-state index in [0.29, 0.717) is 18.6 Å². The molecule has 0 amide bonds. The Morgan fingerprint density at radius 3 is 2.00 bits per heavy atom. The molecule has 0 aromatic heterocycles. The molecule has 1 aliphatic carbocycles. The highest BCUT2D eigenvalue weighted by Gasteiger charge is 2.50. The van der Waals surface area contributed by atoms with Gasteiger partial charge in [0, 0.05) is 12.5 Å². The zero-order valence-corrected chi connectivity index (χ0v) is 20.5. The molecule has 2 atom stereocenters. The molecular weight excluding hydrogens is 416 g/mol. The van der Waals surface area contributed by atoms with Crippen molar-refractivity contribution in [2.75, 3.05) is 13.7 Å². The van der Waals surface area contributed by atoms with E-state index < -0.39 is 14.3 Å². The van der Waals surface area contributed by atoms with Gasteiger partial charge in [0.25, 0.3) is 8.32 Å². The van der Waals surface area contributed by atoms with Crippen molar-refractivity contribution in [3.05, 3.63) is 84.7 Å². The summed E-state index contributed by atoms with van der Waals surface area (Å²) >= 11 is 0. The largest absolute Gasteiger partial charge is 0.515 e. The van der Waals surface area contributed by atoms with E-state index in [0.717, 1.165) is 12.7 Å². The van der Waals surface area contributed by atoms with Gasteiger partial charge in [0.05, 0.1) is 18.9 Å². The maximum absolute atomic E-state index is 12.3. The van der Waals surface area contributed by atoms with Crippen LogP contribution in [0, 0.1) is 11.8 Å². The summed E-state index contributed by atoms with van der Waals surface area (Å²) in [5.41, 5.74) is 0.313. The van der Waals surface area contributed by atoms with Crippen LogP contribution in [-0.4, -0.2) is 33.1 Å². The minimum atomic E-state index is -2.67. The number of carbonyl (C=O) groups excluding carboxylic acids is 1. The molecule has 0 saturated carbocycles. The van der Waals surface area contributed by atoms with Crippen LogP contribution >= 0.6 is 0 Å². The lowest BCUT2D eigenvalue weighted by Crippen LogP contribution is -2.67. The summed E-state index contributed by atoms with van der Waals surface area (Å²) in [5.74, 6) is -0.557. The average molecular weight is 451 g/mol. The van der Waals surface area contributed by atoms with Gasteiger partial charge in [0.2, 0.25) is 0 Å². The van der Waals surface area contributed by atoms with Crippen LogP contribution in [0.1, 0.15) is 33.6 Å². The molecule has 0 saturated heterocycles. The standard InChI is InChI=1S/C27H34O4Si/c1-27(2,3)32(22-14-7-5-8-15-22,23-16-9-6-10-17-23)31-20-21-13-11-12-18-24(21)25(19-28)26(29)30-4/h5-12,14-17,19,21,24,28H,13,18,20H2,1-4H3/b25-19-/t21-,24-/m0/s1. The molecule has 0 aliphatic heterocycles. The molecule has 2 aromatic rings. The molecule has 0 heterocycles. The highest BCUT2D eigenvalue weighted by molar-refractivity contribution is 6.99. The molecule has 1 N–H and O–H groups in total. The van der Waals surface area contributed by atoms with E-state index in [9.17, 15) is 9.90 Å². The topological polar surface area (TPSA) is 55.8 Å². The predicted molar refractivity (Wildman–Crippen MR) is 132 cm³/mol. The Morgan fingerprint density at radius 1 is 1.00 bits per heavy atom. The van der Waals surface area contributed by atoms with Crippen molar-refractivity contribution in [1.29, 1.82) is 0 Å². The second kappa shape index (κ2) is 10.3. The Balaban J connectivity index is 2.02. The first kappa shape index (κ1) is 24.0. The zero-order valence-electron chi connectivity index (χ0n) is 19.5. The Kier molecular flexibility index (Phi) is 7.75. The van der Waals surface area contributed by atoms with Gasteiger partial charge in [-0.1, -0.05) is 93.6 Å². The van der Waals surface area contributed by atoms with Crippen molar-refractivity contribution in [3.63, 3.8) is 0 Å². The smallest absolute Gasteiger partial charge is 0.337 e. The maximum Gasteiger partial charge on any atom is 0.337 e. The second-order valence-corrected chi connectivity index (χ2v) is 13.7. The van der Waals surface area contributed by atoms with Gasteiger partial charge in [0.15, 0.2) is 0 Å². The molecule has 4 nitrogen and oxygen atoms in total. The van der Waals surface area contributed by atoms with Crippen LogP contribution in [-0.2, 0) is 14.0 Å². The number of esters is 1. The molecule has 0 spiro atoms. The number of benzene rings is 2. The monoisotopic (exact) mass is 450 g/mol. The number of carbonyl (C=O) groups is 1. The van der Waals surface area contributed by atoms with E-state index in [2.05, 4.69) is 81.5 Å². The molecule has 2 aromatic carbocycles. The number of allylic oxidation sites excluding steroid dienone is 2. The maximum atomic E-state index is 12.3. The average Bonchev–Trinajstić information content (AvgIpc) is 2.81. The molecule has 0 bridgehead atoms. The number of ether oxygens (including phenoxy) is 1. The van der Waals surface area contributed by atoms with Crippen LogP contribution in [0.4, 0.5) is 0 Å². The quantitative estimate of drug-likeness (QED) is 0.217.